The molecule has 0 aliphatic carbocycles. The lowest BCUT2D eigenvalue weighted by molar-refractivity contribution is -0.862. The van der Waals surface area contributed by atoms with Crippen molar-refractivity contribution in [1.82, 2.24) is 5.32 Å². The van der Waals surface area contributed by atoms with Crippen LogP contribution in [-0.4, -0.2) is 45.6 Å². The molecular weight excluding hydrogens is 318 g/mol. The van der Waals surface area contributed by atoms with Gasteiger partial charge in [0.05, 0.1) is 19.8 Å². The van der Waals surface area contributed by atoms with Crippen LogP contribution >= 0.6 is 11.6 Å². The van der Waals surface area contributed by atoms with Gasteiger partial charge in [-0.05, 0) is 24.6 Å². The van der Waals surface area contributed by atoms with E-state index in [0.717, 1.165) is 17.7 Å². The molecule has 1 atom stereocenters. The molecule has 1 unspecified atom stereocenters. The fourth-order valence-electron chi connectivity index (χ4n) is 2.05. The van der Waals surface area contributed by atoms with E-state index < -0.39 is 0 Å². The molecule has 0 radical (unpaired) electrons. The van der Waals surface area contributed by atoms with Gasteiger partial charge in [0.25, 0.3) is 11.8 Å². The number of quaternary nitrogens is 1. The molecule has 0 aromatic heterocycles. The fraction of sp³-hybridized carbons (Fsp3) is 0.500. The standard InChI is InChI=1S/C16H24ClN3O3/c1-4-5-8-18-15(21)10-20(2)11-16(22)19-13-9-12(17)6-7-14(13)23-3/h6-7,9H,4-5,8,10-11H2,1-3H3,(H,18,21)(H,19,22)/p+1. The van der Waals surface area contributed by atoms with Crippen molar-refractivity contribution < 1.29 is 19.2 Å². The first-order chi connectivity index (χ1) is 11.0. The Labute approximate surface area is 142 Å². The number of anilines is 1. The molecular formula is C16H25ClN3O3+. The zero-order valence-corrected chi connectivity index (χ0v) is 14.6. The van der Waals surface area contributed by atoms with Crippen LogP contribution in [0.3, 0.4) is 0 Å². The van der Waals surface area contributed by atoms with Crippen molar-refractivity contribution in [1.29, 1.82) is 0 Å². The van der Waals surface area contributed by atoms with Crippen LogP contribution in [0.25, 0.3) is 0 Å². The number of hydrogen-bond acceptors (Lipinski definition) is 3. The Balaban J connectivity index is 2.47. The van der Waals surface area contributed by atoms with Gasteiger partial charge in [0, 0.05) is 11.6 Å². The highest BCUT2D eigenvalue weighted by Crippen LogP contribution is 2.27. The van der Waals surface area contributed by atoms with Crippen molar-refractivity contribution in [3.8, 4) is 5.75 Å². The van der Waals surface area contributed by atoms with Crippen LogP contribution in [0.15, 0.2) is 18.2 Å². The molecule has 2 amide bonds. The highest BCUT2D eigenvalue weighted by atomic mass is 35.5. The third-order valence-corrected chi connectivity index (χ3v) is 3.45. The summed E-state index contributed by atoms with van der Waals surface area (Å²) in [5, 5.41) is 6.10. The minimum Gasteiger partial charge on any atom is -0.495 e. The predicted octanol–water partition coefficient (Wildman–Crippen LogP) is 0.718. The SMILES string of the molecule is CCCCNC(=O)C[NH+](C)CC(=O)Nc1cc(Cl)ccc1OC. The Hall–Kier alpha value is -1.79. The molecule has 7 heteroatoms. The molecule has 1 rings (SSSR count). The van der Waals surface area contributed by atoms with Crippen LogP contribution in [0.4, 0.5) is 5.69 Å². The lowest BCUT2D eigenvalue weighted by atomic mass is 10.3. The Morgan fingerprint density at radius 3 is 2.61 bits per heavy atom. The first-order valence-electron chi connectivity index (χ1n) is 7.67. The van der Waals surface area contributed by atoms with Gasteiger partial charge in [-0.1, -0.05) is 24.9 Å². The summed E-state index contributed by atoms with van der Waals surface area (Å²) in [5.74, 6) is 0.284. The Kier molecular flexibility index (Phi) is 8.43. The number of benzene rings is 1. The van der Waals surface area contributed by atoms with Crippen LogP contribution < -0.4 is 20.3 Å². The van der Waals surface area contributed by atoms with Gasteiger partial charge in [0.1, 0.15) is 5.75 Å². The number of rotatable bonds is 9. The molecule has 6 nitrogen and oxygen atoms in total. The number of halogens is 1. The summed E-state index contributed by atoms with van der Waals surface area (Å²) in [5.41, 5.74) is 0.519. The smallest absolute Gasteiger partial charge is 0.279 e. The fourth-order valence-corrected chi connectivity index (χ4v) is 2.22. The van der Waals surface area contributed by atoms with Crippen LogP contribution in [0.1, 0.15) is 19.8 Å². The number of ether oxygens (including phenoxy) is 1. The first-order valence-corrected chi connectivity index (χ1v) is 8.05. The van der Waals surface area contributed by atoms with Crippen LogP contribution in [0.2, 0.25) is 5.02 Å². The molecule has 3 N–H and O–H groups in total. The van der Waals surface area contributed by atoms with E-state index in [1.807, 2.05) is 0 Å². The topological polar surface area (TPSA) is 71.9 Å². The lowest BCUT2D eigenvalue weighted by Gasteiger charge is -2.15. The van der Waals surface area contributed by atoms with Gasteiger partial charge in [0.15, 0.2) is 13.1 Å². The average Bonchev–Trinajstić information content (AvgIpc) is 2.47. The first kappa shape index (κ1) is 19.3. The second-order valence-electron chi connectivity index (χ2n) is 5.41. The molecule has 0 aliphatic heterocycles. The van der Waals surface area contributed by atoms with E-state index in [-0.39, 0.29) is 24.9 Å². The van der Waals surface area contributed by atoms with Gasteiger partial charge in [-0.3, -0.25) is 9.59 Å². The summed E-state index contributed by atoms with van der Waals surface area (Å²) >= 11 is 5.93. The number of methoxy groups -OCH3 is 1. The molecule has 0 aliphatic rings. The molecule has 0 bridgehead atoms. The lowest BCUT2D eigenvalue weighted by Crippen LogP contribution is -3.11. The summed E-state index contributed by atoms with van der Waals surface area (Å²) in [7, 11) is 3.32. The molecule has 1 aromatic carbocycles. The summed E-state index contributed by atoms with van der Waals surface area (Å²) in [6, 6.07) is 5.01. The van der Waals surface area contributed by atoms with Crippen molar-refractivity contribution >= 4 is 29.1 Å². The molecule has 1 aromatic rings. The van der Waals surface area contributed by atoms with Crippen molar-refractivity contribution in [2.75, 3.05) is 39.1 Å². The zero-order chi connectivity index (χ0) is 17.2. The molecule has 0 fully saturated rings. The number of carbonyl (C=O) groups excluding carboxylic acids is 2. The van der Waals surface area contributed by atoms with Gasteiger partial charge in [-0.2, -0.15) is 0 Å². The maximum absolute atomic E-state index is 12.1. The highest BCUT2D eigenvalue weighted by molar-refractivity contribution is 6.31. The minimum absolute atomic E-state index is 0.0518. The summed E-state index contributed by atoms with van der Waals surface area (Å²) < 4.78 is 5.18. The van der Waals surface area contributed by atoms with E-state index in [0.29, 0.717) is 23.0 Å². The average molecular weight is 343 g/mol. The maximum Gasteiger partial charge on any atom is 0.279 e. The van der Waals surface area contributed by atoms with Gasteiger partial charge in [-0.15, -0.1) is 0 Å². The molecule has 0 saturated carbocycles. The number of carbonyl (C=O) groups is 2. The van der Waals surface area contributed by atoms with E-state index in [1.54, 1.807) is 25.2 Å². The highest BCUT2D eigenvalue weighted by Gasteiger charge is 2.15. The third kappa shape index (κ3) is 7.34. The molecule has 0 heterocycles. The van der Waals surface area contributed by atoms with Crippen molar-refractivity contribution in [2.24, 2.45) is 0 Å². The van der Waals surface area contributed by atoms with Crippen molar-refractivity contribution in [2.45, 2.75) is 19.8 Å². The second kappa shape index (κ2) is 10.1. The third-order valence-electron chi connectivity index (χ3n) is 3.21. The van der Waals surface area contributed by atoms with Crippen molar-refractivity contribution in [3.05, 3.63) is 23.2 Å². The number of unbranched alkanes of at least 4 members (excludes halogenated alkanes) is 1. The monoisotopic (exact) mass is 342 g/mol. The Bertz CT molecular complexity index is 537. The molecule has 0 saturated heterocycles. The van der Waals surface area contributed by atoms with E-state index in [4.69, 9.17) is 16.3 Å². The second-order valence-corrected chi connectivity index (χ2v) is 5.84. The van der Waals surface area contributed by atoms with Gasteiger partial charge >= 0.3 is 0 Å². The summed E-state index contributed by atoms with van der Waals surface area (Å²) in [6.07, 6.45) is 1.99. The number of hydrogen-bond donors (Lipinski definition) is 3. The van der Waals surface area contributed by atoms with Crippen molar-refractivity contribution in [3.63, 3.8) is 0 Å². The minimum atomic E-state index is -0.204. The summed E-state index contributed by atoms with van der Waals surface area (Å²) in [4.78, 5) is 24.6. The van der Waals surface area contributed by atoms with E-state index in [1.165, 1.54) is 7.11 Å². The zero-order valence-electron chi connectivity index (χ0n) is 13.9. The number of likely N-dealkylation sites (N-methyl/N-ethyl adjacent to an activating group) is 1. The quantitative estimate of drug-likeness (QED) is 0.579. The van der Waals surface area contributed by atoms with Crippen LogP contribution in [0.5, 0.6) is 5.75 Å². The maximum atomic E-state index is 12.1. The molecule has 23 heavy (non-hydrogen) atoms. The van der Waals surface area contributed by atoms with E-state index in [2.05, 4.69) is 17.6 Å². The number of amides is 2. The summed E-state index contributed by atoms with van der Waals surface area (Å²) in [6.45, 7) is 3.17. The van der Waals surface area contributed by atoms with Crippen LogP contribution in [-0.2, 0) is 9.59 Å². The van der Waals surface area contributed by atoms with Gasteiger partial charge in [0.2, 0.25) is 0 Å². The van der Waals surface area contributed by atoms with Gasteiger partial charge < -0.3 is 20.3 Å². The normalized spacial score (nSPS) is 11.7. The Morgan fingerprint density at radius 1 is 1.26 bits per heavy atom. The Morgan fingerprint density at radius 2 is 1.96 bits per heavy atom. The molecule has 128 valence electrons. The van der Waals surface area contributed by atoms with E-state index >= 15 is 0 Å². The molecule has 0 spiro atoms. The predicted molar refractivity (Wildman–Crippen MR) is 91.2 cm³/mol. The van der Waals surface area contributed by atoms with E-state index in [9.17, 15) is 9.59 Å². The van der Waals surface area contributed by atoms with Gasteiger partial charge in [-0.25, -0.2) is 0 Å². The number of nitrogens with one attached hydrogen (secondary N) is 3. The largest absolute Gasteiger partial charge is 0.495 e. The van der Waals surface area contributed by atoms with Crippen LogP contribution in [0, 0.1) is 0 Å².